The molecule has 49 atom stereocenters. The number of esters is 3. The molecule has 5 aliphatic carbocycles. The topological polar surface area (TPSA) is 678 Å². The van der Waals surface area contributed by atoms with Crippen LogP contribution in [0.4, 0.5) is 0 Å². The third-order valence-corrected chi connectivity index (χ3v) is 31.8. The third kappa shape index (κ3) is 20.5. The van der Waals surface area contributed by atoms with E-state index in [4.69, 9.17) is 75.8 Å². The van der Waals surface area contributed by atoms with Crippen LogP contribution in [0.1, 0.15) is 179 Å². The Hall–Kier alpha value is -4.07. The van der Waals surface area contributed by atoms with Gasteiger partial charge < -0.3 is 193 Å². The van der Waals surface area contributed by atoms with E-state index in [0.29, 0.717) is 44.9 Å². The van der Waals surface area contributed by atoms with E-state index in [1.807, 2.05) is 20.8 Å². The van der Waals surface area contributed by atoms with Crippen LogP contribution < -0.4 is 0 Å². The van der Waals surface area contributed by atoms with Gasteiger partial charge in [-0.1, -0.05) is 93.7 Å². The minimum atomic E-state index is -2.31. The van der Waals surface area contributed by atoms with Crippen molar-refractivity contribution in [1.82, 2.24) is 0 Å². The number of aliphatic hydroxyl groups is 21. The number of aliphatic carboxylic acids is 1. The molecule has 0 aromatic rings. The molecule has 0 radical (unpaired) electrons. The van der Waals surface area contributed by atoms with Crippen molar-refractivity contribution in [1.29, 1.82) is 0 Å². The van der Waals surface area contributed by atoms with Gasteiger partial charge in [-0.15, -0.1) is 0 Å². The van der Waals surface area contributed by atoms with E-state index in [9.17, 15) is 132 Å². The molecule has 12 rings (SSSR count). The summed E-state index contributed by atoms with van der Waals surface area (Å²) in [4.78, 5) is 72.0. The molecule has 43 heteroatoms. The lowest BCUT2D eigenvalue weighted by atomic mass is 9.33. The van der Waals surface area contributed by atoms with Crippen LogP contribution in [0.25, 0.3) is 0 Å². The minimum Gasteiger partial charge on any atom is -0.479 e. The van der Waals surface area contributed by atoms with Crippen molar-refractivity contribution in [3.8, 4) is 0 Å². The van der Waals surface area contributed by atoms with Crippen LogP contribution in [-0.2, 0) is 99.8 Å². The highest BCUT2D eigenvalue weighted by Gasteiger charge is 2.74. The molecule has 7 saturated heterocycles. The zero-order chi connectivity index (χ0) is 96.5. The summed E-state index contributed by atoms with van der Waals surface area (Å²) in [6, 6.07) is 0. The van der Waals surface area contributed by atoms with Gasteiger partial charge in [-0.3, -0.25) is 14.4 Å². The van der Waals surface area contributed by atoms with Gasteiger partial charge in [0.1, 0.15) is 146 Å². The number of allylic oxidation sites excluding steroid dienone is 2. The fourth-order valence-corrected chi connectivity index (χ4v) is 23.2. The number of aliphatic hydroxyl groups excluding tert-OH is 21. The average molecular weight is 1890 g/mol. The molecule has 752 valence electrons. The molecule has 7 heterocycles. The van der Waals surface area contributed by atoms with Gasteiger partial charge in [-0.25, -0.2) is 4.79 Å². The van der Waals surface area contributed by atoms with Crippen LogP contribution in [0.3, 0.4) is 0 Å². The molecule has 131 heavy (non-hydrogen) atoms. The van der Waals surface area contributed by atoms with Crippen LogP contribution >= 0.6 is 0 Å². The molecular weight excluding hydrogens is 1740 g/mol. The molecular formula is C88H142O43. The zero-order valence-electron chi connectivity index (χ0n) is 75.9. The van der Waals surface area contributed by atoms with Crippen LogP contribution in [0, 0.1) is 62.1 Å². The van der Waals surface area contributed by atoms with Gasteiger partial charge in [0.15, 0.2) is 56.1 Å². The average Bonchev–Trinajstić information content (AvgIpc) is 0.857. The summed E-state index contributed by atoms with van der Waals surface area (Å²) in [7, 11) is 0. The number of hydrogen-bond acceptors (Lipinski definition) is 42. The summed E-state index contributed by atoms with van der Waals surface area (Å²) >= 11 is 0. The Kier molecular flexibility index (Phi) is 34.0. The SMILES string of the molecule is CC[C@@H](C)[C@@H](C[C@H](O)CC(=O)O[C@H]1[C@@H](O)[C@@H](C)O[C@@H](OC(=O)[C@]23CCC(C)(C)C[C@H]2C2=CC[C@@H]4[C@@]5(C)CC[C@H](O[C@@H]6O[C@H](C(=O)O)[C@@H](O)[C@H](O)[C@H]6O[C@@H]6O[C@H](CO)[C@H](O)[C@H](O)[C@H]6O)[C@@](C)(C=O)[C@@H]5CC[C@@]4(C)[C@]2(C)C[C@H]3O)[C@@H]1O[C@@H]1O[C@@H](C)[C@H](O[C@@H]2OC[C@@H](O)[C@H](O)[C@H]2O)[C@@H](O[C@@H]2O[C@H](CO)[C@@H](O)[C@H](O)[C@H]2O)[C@H]1O)OC(=O)C[C@@H](O)C[C@H](O[C@@H]1O[C@@H](CO)[C@H](O)[C@H]1O)[C@@H](C)CC. The first-order chi connectivity index (χ1) is 61.5. The zero-order valence-corrected chi connectivity index (χ0v) is 75.9. The summed E-state index contributed by atoms with van der Waals surface area (Å²) in [6.07, 6.45) is -65.6. The fourth-order valence-electron chi connectivity index (χ4n) is 23.2. The van der Waals surface area contributed by atoms with Gasteiger partial charge in [0.2, 0.25) is 6.29 Å². The van der Waals surface area contributed by atoms with Gasteiger partial charge in [-0.05, 0) is 123 Å². The number of rotatable bonds is 33. The van der Waals surface area contributed by atoms with E-state index in [1.165, 1.54) is 13.8 Å². The second-order valence-corrected chi connectivity index (χ2v) is 40.5. The summed E-state index contributed by atoms with van der Waals surface area (Å²) in [5.74, 6) is -7.35. The third-order valence-electron chi connectivity index (χ3n) is 31.8. The van der Waals surface area contributed by atoms with Gasteiger partial charge in [0, 0.05) is 12.8 Å². The molecule has 11 fully saturated rings. The maximum absolute atomic E-state index is 16.5. The van der Waals surface area contributed by atoms with Crippen LogP contribution in [0.5, 0.6) is 0 Å². The van der Waals surface area contributed by atoms with E-state index in [0.717, 1.165) is 11.9 Å². The number of fused-ring (bicyclic) bond motifs is 7. The first-order valence-electron chi connectivity index (χ1n) is 46.0. The number of carbonyl (C=O) groups excluding carboxylic acids is 4. The Balaban J connectivity index is 0.833. The monoisotopic (exact) mass is 1890 g/mol. The predicted octanol–water partition coefficient (Wildman–Crippen LogP) is -4.79. The Bertz CT molecular complexity index is 3850. The first-order valence-corrected chi connectivity index (χ1v) is 46.0. The first kappa shape index (κ1) is 106. The second kappa shape index (κ2) is 42.2. The summed E-state index contributed by atoms with van der Waals surface area (Å²) in [5.41, 5.74) is -5.43. The summed E-state index contributed by atoms with van der Waals surface area (Å²) in [5, 5.41) is 244. The predicted molar refractivity (Wildman–Crippen MR) is 437 cm³/mol. The molecule has 0 aromatic carbocycles. The lowest BCUT2D eigenvalue weighted by molar-refractivity contribution is -0.394. The van der Waals surface area contributed by atoms with Gasteiger partial charge in [0.25, 0.3) is 0 Å². The summed E-state index contributed by atoms with van der Waals surface area (Å²) in [6.45, 7) is 18.8. The molecule has 7 aliphatic heterocycles. The Morgan fingerprint density at radius 2 is 1.02 bits per heavy atom. The molecule has 43 nitrogen and oxygen atoms in total. The van der Waals surface area contributed by atoms with Gasteiger partial charge >= 0.3 is 23.9 Å². The van der Waals surface area contributed by atoms with Crippen LogP contribution in [-0.4, -0.2) is 408 Å². The fraction of sp³-hybridized carbons (Fsp3) is 0.920. The lowest BCUT2D eigenvalue weighted by Crippen LogP contribution is -2.69. The molecule has 0 aromatic heterocycles. The van der Waals surface area contributed by atoms with Crippen molar-refractivity contribution in [2.45, 2.75) is 419 Å². The number of carboxylic acid groups (broad SMARTS) is 1. The van der Waals surface area contributed by atoms with Gasteiger partial charge in [0.05, 0.1) is 87.4 Å². The van der Waals surface area contributed by atoms with E-state index in [2.05, 4.69) is 26.8 Å². The van der Waals surface area contributed by atoms with E-state index >= 15 is 4.79 Å². The van der Waals surface area contributed by atoms with E-state index in [1.54, 1.807) is 27.7 Å². The normalized spacial score (nSPS) is 48.4. The highest BCUT2D eigenvalue weighted by atomic mass is 16.8. The van der Waals surface area contributed by atoms with Crippen LogP contribution in [0.2, 0.25) is 0 Å². The maximum atomic E-state index is 16.5. The van der Waals surface area contributed by atoms with Crippen molar-refractivity contribution in [3.05, 3.63) is 11.6 Å². The lowest BCUT2D eigenvalue weighted by Gasteiger charge is -2.71. The van der Waals surface area contributed by atoms with Crippen LogP contribution in [0.15, 0.2) is 11.6 Å². The Morgan fingerprint density at radius 1 is 0.496 bits per heavy atom. The van der Waals surface area contributed by atoms with Crippen molar-refractivity contribution in [2.75, 3.05) is 26.4 Å². The van der Waals surface area contributed by atoms with Gasteiger partial charge in [-0.2, -0.15) is 0 Å². The highest BCUT2D eigenvalue weighted by molar-refractivity contribution is 5.80. The van der Waals surface area contributed by atoms with E-state index < -0.39 is 359 Å². The standard InChI is InChI=1S/C88H142O43/c1-13-34(3)43(119-52(97)25-39(94)24-44(35(4)14-2)120-76-64(109)58(103)47(31-91)121-76)23-38(93)26-53(98)125-69-54(99)36(5)117-81(73(69)130-79-67(112)70(127-77-65(110)59(104)56(101)45(29-89)122-77)68(37(6)118-79)126-75-63(108)55(100)42(95)32-116-75)131-82(115)88-22-21-83(7,8)27-41(88)40-15-16-49-84(9)19-18-51(85(10,33-92)48(84)17-20-86(49,11)87(40,12)28-50(88)96)124-80-72(62(107)61(106)71(128-80)74(113)114)129-78-66(111)60(105)57(102)46(30-90)123-78/h15,33-39,41-51,54-73,75-81,89-91,93-96,99-112H,13-14,16-32H2,1-12H3,(H,113,114)/t34-,35+,36-,37+,38+,39+,41+,42-,43-,44+,45-,46-,47+,48-,49-,50-,51+,54+,55+,56-,57+,58+,59+,60+,61+,62+,63-,64-,65-,66-,67-,68+,69+,70+,71+,72-,73-,75+,76-,77+,78+,79+,80-,81+,84+,85+,86-,87-,88-/m1/s1. The van der Waals surface area contributed by atoms with Crippen molar-refractivity contribution in [2.24, 2.45) is 62.1 Å². The largest absolute Gasteiger partial charge is 0.479 e. The molecule has 4 saturated carbocycles. The number of hydrogen-bond donors (Lipinski definition) is 22. The minimum absolute atomic E-state index is 0.00937. The molecule has 0 unspecified atom stereocenters. The quantitative estimate of drug-likeness (QED) is 0.00964. The van der Waals surface area contributed by atoms with Crippen molar-refractivity contribution >= 4 is 30.2 Å². The number of carbonyl (C=O) groups is 5. The van der Waals surface area contributed by atoms with Crippen molar-refractivity contribution < 1.29 is 212 Å². The van der Waals surface area contributed by atoms with Crippen molar-refractivity contribution in [3.63, 3.8) is 0 Å². The molecule has 0 bridgehead atoms. The van der Waals surface area contributed by atoms with E-state index in [-0.39, 0.29) is 43.9 Å². The number of carboxylic acids is 1. The molecule has 0 amide bonds. The Morgan fingerprint density at radius 3 is 1.61 bits per heavy atom. The highest BCUT2D eigenvalue weighted by Crippen LogP contribution is 2.76. The number of aldehydes is 1. The maximum Gasteiger partial charge on any atom is 0.335 e. The Labute approximate surface area is 758 Å². The summed E-state index contributed by atoms with van der Waals surface area (Å²) < 4.78 is 97.6. The smallest absolute Gasteiger partial charge is 0.335 e. The molecule has 22 N–H and O–H groups in total. The molecule has 0 spiro atoms. The number of ether oxygens (including phenoxy) is 16. The molecule has 12 aliphatic rings. The second-order valence-electron chi connectivity index (χ2n) is 40.5.